The summed E-state index contributed by atoms with van der Waals surface area (Å²) in [7, 11) is 0. The fourth-order valence-corrected chi connectivity index (χ4v) is 4.98. The van der Waals surface area contributed by atoms with Crippen molar-refractivity contribution >= 4 is 65.4 Å². The van der Waals surface area contributed by atoms with E-state index < -0.39 is 0 Å². The molecule has 9 rings (SSSR count). The lowest BCUT2D eigenvalue weighted by Crippen LogP contribution is -1.74. The molecule has 3 N–H and O–H groups in total. The van der Waals surface area contributed by atoms with Gasteiger partial charge in [0.05, 0.1) is 52.1 Å². The second-order valence-electron chi connectivity index (χ2n) is 9.29. The monoisotopic (exact) mass is 504 g/mol. The number of H-pyrrole nitrogens is 3. The minimum atomic E-state index is 1.03. The zero-order chi connectivity index (χ0) is 26.0. The van der Waals surface area contributed by atoms with E-state index in [2.05, 4.69) is 103 Å². The van der Waals surface area contributed by atoms with Gasteiger partial charge in [-0.15, -0.1) is 0 Å². The topological polar surface area (TPSA) is 86.0 Å². The van der Waals surface area contributed by atoms with Gasteiger partial charge < -0.3 is 15.0 Å². The number of nitrogens with one attached hydrogen (secondary N) is 3. The largest absolute Gasteiger partial charge is 0.345 e. The predicted octanol–water partition coefficient (Wildman–Crippen LogP) is 8.15. The van der Waals surface area contributed by atoms with E-state index in [1.807, 2.05) is 36.4 Å². The van der Waals surface area contributed by atoms with Gasteiger partial charge in [-0.1, -0.05) is 84.9 Å². The van der Waals surface area contributed by atoms with E-state index in [1.54, 1.807) is 19.0 Å². The Morgan fingerprint density at radius 2 is 0.846 bits per heavy atom. The zero-order valence-electron chi connectivity index (χ0n) is 21.0. The van der Waals surface area contributed by atoms with Crippen molar-refractivity contribution in [1.82, 2.24) is 29.9 Å². The van der Waals surface area contributed by atoms with Crippen molar-refractivity contribution in [3.63, 3.8) is 0 Å². The summed E-state index contributed by atoms with van der Waals surface area (Å²) in [6.07, 6.45) is 5.19. The van der Waals surface area contributed by atoms with Crippen LogP contribution < -0.4 is 0 Å². The van der Waals surface area contributed by atoms with Crippen molar-refractivity contribution in [2.75, 3.05) is 0 Å². The summed E-state index contributed by atoms with van der Waals surface area (Å²) >= 11 is 0. The lowest BCUT2D eigenvalue weighted by molar-refractivity contribution is 1.34. The van der Waals surface area contributed by atoms with Crippen LogP contribution in [0, 0.1) is 0 Å². The molecular formula is C33H24N6. The van der Waals surface area contributed by atoms with Crippen molar-refractivity contribution < 1.29 is 0 Å². The van der Waals surface area contributed by atoms with Crippen LogP contribution in [0.4, 0.5) is 0 Å². The molecule has 0 atom stereocenters. The third-order valence-electron chi connectivity index (χ3n) is 6.92. The molecule has 6 heteroatoms. The maximum atomic E-state index is 4.29. The molecule has 0 radical (unpaired) electrons. The average Bonchev–Trinajstić information content (AvgIpc) is 3.77. The second-order valence-corrected chi connectivity index (χ2v) is 9.29. The molecular weight excluding hydrogens is 480 g/mol. The van der Waals surface area contributed by atoms with Crippen LogP contribution in [0.25, 0.3) is 65.4 Å². The molecule has 39 heavy (non-hydrogen) atoms. The number of imidazole rings is 3. The first-order valence-electron chi connectivity index (χ1n) is 12.8. The van der Waals surface area contributed by atoms with Gasteiger partial charge in [-0.05, 0) is 45.8 Å². The molecule has 9 aromatic rings. The summed E-state index contributed by atoms with van der Waals surface area (Å²) in [5, 5.41) is 7.38. The molecule has 0 aliphatic rings. The number of hydrogen-bond donors (Lipinski definition) is 3. The maximum Gasteiger partial charge on any atom is 0.0960 e. The van der Waals surface area contributed by atoms with E-state index in [1.165, 1.54) is 32.3 Å². The molecule has 0 amide bonds. The Bertz CT molecular complexity index is 2030. The van der Waals surface area contributed by atoms with Gasteiger partial charge in [0, 0.05) is 10.8 Å². The zero-order valence-corrected chi connectivity index (χ0v) is 21.0. The maximum absolute atomic E-state index is 4.29. The summed E-state index contributed by atoms with van der Waals surface area (Å²) < 4.78 is 0. The fourth-order valence-electron chi connectivity index (χ4n) is 4.98. The molecule has 6 nitrogen and oxygen atoms in total. The van der Waals surface area contributed by atoms with E-state index in [-0.39, 0.29) is 0 Å². The predicted molar refractivity (Wildman–Crippen MR) is 161 cm³/mol. The van der Waals surface area contributed by atoms with Crippen LogP contribution in [0.2, 0.25) is 0 Å². The molecule has 0 unspecified atom stereocenters. The highest BCUT2D eigenvalue weighted by Gasteiger charge is 2.01. The van der Waals surface area contributed by atoms with Crippen molar-refractivity contribution in [3.8, 4) is 0 Å². The molecule has 0 spiro atoms. The highest BCUT2D eigenvalue weighted by atomic mass is 14.9. The van der Waals surface area contributed by atoms with Gasteiger partial charge in [0.15, 0.2) is 0 Å². The first-order chi connectivity index (χ1) is 19.3. The van der Waals surface area contributed by atoms with Gasteiger partial charge >= 0.3 is 0 Å². The van der Waals surface area contributed by atoms with E-state index >= 15 is 0 Å². The SMILES string of the molecule is c1ccc2c(c1)ccc1[nH]cnc12.c1ccc2c(c1)ccc1[nH]cnc12.c1ccc2cc3[nH]cnc3cc2c1. The Balaban J connectivity index is 0.0000000974. The number of aromatic amines is 3. The summed E-state index contributed by atoms with van der Waals surface area (Å²) in [5.41, 5.74) is 6.42. The van der Waals surface area contributed by atoms with E-state index in [4.69, 9.17) is 0 Å². The molecule has 3 heterocycles. The van der Waals surface area contributed by atoms with Crippen LogP contribution in [0.15, 0.2) is 128 Å². The van der Waals surface area contributed by atoms with Crippen LogP contribution in [-0.2, 0) is 0 Å². The molecule has 6 aromatic carbocycles. The summed E-state index contributed by atoms with van der Waals surface area (Å²) in [5.74, 6) is 0. The van der Waals surface area contributed by atoms with E-state index in [9.17, 15) is 0 Å². The van der Waals surface area contributed by atoms with Gasteiger partial charge in [-0.2, -0.15) is 0 Å². The Morgan fingerprint density at radius 3 is 1.44 bits per heavy atom. The summed E-state index contributed by atoms with van der Waals surface area (Å²) in [6, 6.07) is 37.4. The smallest absolute Gasteiger partial charge is 0.0960 e. The number of hydrogen-bond acceptors (Lipinski definition) is 3. The van der Waals surface area contributed by atoms with Crippen LogP contribution >= 0.6 is 0 Å². The third kappa shape index (κ3) is 4.34. The van der Waals surface area contributed by atoms with Gasteiger partial charge in [-0.25, -0.2) is 15.0 Å². The highest BCUT2D eigenvalue weighted by molar-refractivity contribution is 6.04. The quantitative estimate of drug-likeness (QED) is 0.195. The van der Waals surface area contributed by atoms with Crippen molar-refractivity contribution in [2.24, 2.45) is 0 Å². The molecule has 0 saturated carbocycles. The minimum absolute atomic E-state index is 1.03. The van der Waals surface area contributed by atoms with Gasteiger partial charge in [-0.3, -0.25) is 0 Å². The number of rotatable bonds is 0. The van der Waals surface area contributed by atoms with Crippen molar-refractivity contribution in [3.05, 3.63) is 128 Å². The van der Waals surface area contributed by atoms with Crippen LogP contribution in [0.3, 0.4) is 0 Å². The standard InChI is InChI=1S/3C11H8N2/c1-2-4-9-6-11-10(12-7-13-11)5-8(9)3-1;2*1-2-4-9-8(3-1)5-6-10-11(9)13-7-12-10/h3*1-7H,(H,12,13). The van der Waals surface area contributed by atoms with E-state index in [0.29, 0.717) is 0 Å². The van der Waals surface area contributed by atoms with Gasteiger partial charge in [0.25, 0.3) is 0 Å². The Labute approximate surface area is 223 Å². The van der Waals surface area contributed by atoms with Gasteiger partial charge in [0.2, 0.25) is 0 Å². The van der Waals surface area contributed by atoms with Crippen LogP contribution in [0.1, 0.15) is 0 Å². The van der Waals surface area contributed by atoms with E-state index in [0.717, 1.165) is 33.1 Å². The lowest BCUT2D eigenvalue weighted by Gasteiger charge is -1.96. The number of aromatic nitrogens is 6. The second kappa shape index (κ2) is 9.76. The molecule has 0 aliphatic heterocycles. The average molecular weight is 505 g/mol. The Hall–Kier alpha value is -5.49. The first kappa shape index (κ1) is 22.7. The van der Waals surface area contributed by atoms with Crippen molar-refractivity contribution in [2.45, 2.75) is 0 Å². The summed E-state index contributed by atoms with van der Waals surface area (Å²) in [6.45, 7) is 0. The molecule has 0 bridgehead atoms. The number of nitrogens with zero attached hydrogens (tertiary/aromatic N) is 3. The Morgan fingerprint density at radius 1 is 0.385 bits per heavy atom. The van der Waals surface area contributed by atoms with Crippen molar-refractivity contribution in [1.29, 1.82) is 0 Å². The Kier molecular flexibility index (Phi) is 5.68. The lowest BCUT2D eigenvalue weighted by atomic mass is 10.1. The normalized spacial score (nSPS) is 11.1. The summed E-state index contributed by atoms with van der Waals surface area (Å²) in [4.78, 5) is 22.1. The van der Waals surface area contributed by atoms with Gasteiger partial charge in [0.1, 0.15) is 0 Å². The third-order valence-corrected chi connectivity index (χ3v) is 6.92. The molecule has 0 aliphatic carbocycles. The molecule has 0 fully saturated rings. The highest BCUT2D eigenvalue weighted by Crippen LogP contribution is 2.23. The first-order valence-corrected chi connectivity index (χ1v) is 12.8. The fraction of sp³-hybridized carbons (Fsp3) is 0. The molecule has 0 saturated heterocycles. The van der Waals surface area contributed by atoms with Crippen LogP contribution in [-0.4, -0.2) is 29.9 Å². The number of fused-ring (bicyclic) bond motifs is 8. The number of benzene rings is 6. The molecule has 186 valence electrons. The van der Waals surface area contributed by atoms with Crippen LogP contribution in [0.5, 0.6) is 0 Å². The minimum Gasteiger partial charge on any atom is -0.345 e. The molecule has 3 aromatic heterocycles.